The normalized spacial score (nSPS) is 10.6. The quantitative estimate of drug-likeness (QED) is 0.695. The first-order chi connectivity index (χ1) is 6.04. The Hall–Kier alpha value is -1.12. The van der Waals surface area contributed by atoms with Gasteiger partial charge in [-0.2, -0.15) is 0 Å². The van der Waals surface area contributed by atoms with Crippen LogP contribution in [0, 0.1) is 6.92 Å². The van der Waals surface area contributed by atoms with Crippen molar-refractivity contribution in [3.05, 3.63) is 17.6 Å². The summed E-state index contributed by atoms with van der Waals surface area (Å²) in [5, 5.41) is 0. The molecule has 1 rings (SSSR count). The topological polar surface area (TPSA) is 29.0 Å². The molecular formula is C10H17N3. The van der Waals surface area contributed by atoms with Crippen molar-refractivity contribution in [1.82, 2.24) is 9.97 Å². The number of aromatic nitrogens is 2. The van der Waals surface area contributed by atoms with Gasteiger partial charge in [-0.25, -0.2) is 9.97 Å². The van der Waals surface area contributed by atoms with Gasteiger partial charge in [-0.05, 0) is 12.8 Å². The summed E-state index contributed by atoms with van der Waals surface area (Å²) in [6.45, 7) is 6.36. The SMILES string of the molecule is Cc1ncnc(N(C)C)c1C(C)C. The van der Waals surface area contributed by atoms with E-state index in [0.29, 0.717) is 5.92 Å². The van der Waals surface area contributed by atoms with E-state index < -0.39 is 0 Å². The van der Waals surface area contributed by atoms with Crippen molar-refractivity contribution in [2.45, 2.75) is 26.7 Å². The lowest BCUT2D eigenvalue weighted by atomic mass is 10.0. The lowest BCUT2D eigenvalue weighted by molar-refractivity contribution is 0.817. The molecular weight excluding hydrogens is 162 g/mol. The Kier molecular flexibility index (Phi) is 2.86. The maximum absolute atomic E-state index is 4.28. The molecule has 72 valence electrons. The molecule has 0 atom stereocenters. The maximum Gasteiger partial charge on any atom is 0.135 e. The van der Waals surface area contributed by atoms with Crippen molar-refractivity contribution >= 4 is 5.82 Å². The second-order valence-electron chi connectivity index (χ2n) is 3.75. The highest BCUT2D eigenvalue weighted by molar-refractivity contribution is 5.48. The van der Waals surface area contributed by atoms with Crippen LogP contribution in [0.25, 0.3) is 0 Å². The van der Waals surface area contributed by atoms with E-state index in [4.69, 9.17) is 0 Å². The number of rotatable bonds is 2. The monoisotopic (exact) mass is 179 g/mol. The predicted octanol–water partition coefficient (Wildman–Crippen LogP) is 1.97. The molecule has 0 unspecified atom stereocenters. The van der Waals surface area contributed by atoms with Gasteiger partial charge in [0.2, 0.25) is 0 Å². The van der Waals surface area contributed by atoms with Crippen LogP contribution in [0.15, 0.2) is 6.33 Å². The molecule has 0 saturated heterocycles. The van der Waals surface area contributed by atoms with E-state index in [1.165, 1.54) is 5.56 Å². The number of aryl methyl sites for hydroxylation is 1. The second kappa shape index (κ2) is 3.73. The Balaban J connectivity index is 3.26. The van der Waals surface area contributed by atoms with Crippen molar-refractivity contribution in [2.75, 3.05) is 19.0 Å². The lowest BCUT2D eigenvalue weighted by Crippen LogP contribution is -2.15. The highest BCUT2D eigenvalue weighted by Crippen LogP contribution is 2.25. The van der Waals surface area contributed by atoms with Crippen molar-refractivity contribution < 1.29 is 0 Å². The minimum atomic E-state index is 0.471. The first-order valence-electron chi connectivity index (χ1n) is 4.53. The van der Waals surface area contributed by atoms with Crippen LogP contribution >= 0.6 is 0 Å². The lowest BCUT2D eigenvalue weighted by Gasteiger charge is -2.19. The zero-order valence-electron chi connectivity index (χ0n) is 9.00. The molecule has 0 aliphatic carbocycles. The van der Waals surface area contributed by atoms with Crippen LogP contribution in [-0.4, -0.2) is 24.1 Å². The zero-order chi connectivity index (χ0) is 10.0. The van der Waals surface area contributed by atoms with E-state index in [2.05, 4.69) is 23.8 Å². The van der Waals surface area contributed by atoms with Crippen molar-refractivity contribution in [3.63, 3.8) is 0 Å². The van der Waals surface area contributed by atoms with Crippen LogP contribution in [0.1, 0.15) is 31.0 Å². The molecule has 0 radical (unpaired) electrons. The summed E-state index contributed by atoms with van der Waals surface area (Å²) in [5.41, 5.74) is 2.32. The predicted molar refractivity (Wildman–Crippen MR) is 55.2 cm³/mol. The Morgan fingerprint density at radius 1 is 1.23 bits per heavy atom. The Morgan fingerprint density at radius 3 is 2.23 bits per heavy atom. The van der Waals surface area contributed by atoms with E-state index in [0.717, 1.165) is 11.5 Å². The molecule has 0 aliphatic rings. The zero-order valence-corrected chi connectivity index (χ0v) is 9.00. The van der Waals surface area contributed by atoms with Crippen LogP contribution in [-0.2, 0) is 0 Å². The molecule has 0 amide bonds. The average Bonchev–Trinajstić information content (AvgIpc) is 2.02. The molecule has 0 fully saturated rings. The molecule has 0 N–H and O–H groups in total. The van der Waals surface area contributed by atoms with E-state index >= 15 is 0 Å². The number of anilines is 1. The molecule has 3 heteroatoms. The van der Waals surface area contributed by atoms with Gasteiger partial charge in [0.25, 0.3) is 0 Å². The molecule has 3 nitrogen and oxygen atoms in total. The molecule has 0 spiro atoms. The van der Waals surface area contributed by atoms with E-state index in [1.807, 2.05) is 25.9 Å². The molecule has 0 aromatic carbocycles. The van der Waals surface area contributed by atoms with Crippen molar-refractivity contribution in [3.8, 4) is 0 Å². The number of hydrogen-bond donors (Lipinski definition) is 0. The summed E-state index contributed by atoms with van der Waals surface area (Å²) < 4.78 is 0. The first-order valence-corrected chi connectivity index (χ1v) is 4.53. The second-order valence-corrected chi connectivity index (χ2v) is 3.75. The summed E-state index contributed by atoms with van der Waals surface area (Å²) in [5.74, 6) is 1.50. The van der Waals surface area contributed by atoms with Gasteiger partial charge >= 0.3 is 0 Å². The van der Waals surface area contributed by atoms with E-state index in [1.54, 1.807) is 6.33 Å². The highest BCUT2D eigenvalue weighted by atomic mass is 15.1. The molecule has 1 aromatic rings. The summed E-state index contributed by atoms with van der Waals surface area (Å²) in [6, 6.07) is 0. The van der Waals surface area contributed by atoms with E-state index in [-0.39, 0.29) is 0 Å². The van der Waals surface area contributed by atoms with Crippen LogP contribution in [0.4, 0.5) is 5.82 Å². The number of hydrogen-bond acceptors (Lipinski definition) is 3. The molecule has 0 saturated carbocycles. The van der Waals surface area contributed by atoms with Crippen LogP contribution < -0.4 is 4.90 Å². The minimum Gasteiger partial charge on any atom is -0.362 e. The molecule has 1 heterocycles. The summed E-state index contributed by atoms with van der Waals surface area (Å²) >= 11 is 0. The van der Waals surface area contributed by atoms with E-state index in [9.17, 15) is 0 Å². The van der Waals surface area contributed by atoms with Crippen LogP contribution in [0.2, 0.25) is 0 Å². The van der Waals surface area contributed by atoms with Gasteiger partial charge in [-0.15, -0.1) is 0 Å². The minimum absolute atomic E-state index is 0.471. The fourth-order valence-electron chi connectivity index (χ4n) is 1.50. The van der Waals surface area contributed by atoms with Gasteiger partial charge in [0.05, 0.1) is 0 Å². The van der Waals surface area contributed by atoms with Crippen LogP contribution in [0.5, 0.6) is 0 Å². The van der Waals surface area contributed by atoms with Gasteiger partial charge in [-0.3, -0.25) is 0 Å². The third-order valence-electron chi connectivity index (χ3n) is 2.06. The highest BCUT2D eigenvalue weighted by Gasteiger charge is 2.12. The summed E-state index contributed by atoms with van der Waals surface area (Å²) in [7, 11) is 4.02. The standard InChI is InChI=1S/C10H17N3/c1-7(2)9-8(3)11-6-12-10(9)13(4)5/h6-7H,1-5H3. The Bertz CT molecular complexity index is 292. The molecule has 0 aliphatic heterocycles. The fourth-order valence-corrected chi connectivity index (χ4v) is 1.50. The molecule has 1 aromatic heterocycles. The van der Waals surface area contributed by atoms with Crippen molar-refractivity contribution in [2.24, 2.45) is 0 Å². The first kappa shape index (κ1) is 9.96. The van der Waals surface area contributed by atoms with Gasteiger partial charge in [0.15, 0.2) is 0 Å². The Morgan fingerprint density at radius 2 is 1.85 bits per heavy atom. The third-order valence-corrected chi connectivity index (χ3v) is 2.06. The van der Waals surface area contributed by atoms with Gasteiger partial charge in [0, 0.05) is 25.4 Å². The summed E-state index contributed by atoms with van der Waals surface area (Å²) in [6.07, 6.45) is 1.62. The van der Waals surface area contributed by atoms with Crippen LogP contribution in [0.3, 0.4) is 0 Å². The van der Waals surface area contributed by atoms with Gasteiger partial charge in [-0.1, -0.05) is 13.8 Å². The summed E-state index contributed by atoms with van der Waals surface area (Å²) in [4.78, 5) is 10.5. The molecule has 0 bridgehead atoms. The maximum atomic E-state index is 4.28. The largest absolute Gasteiger partial charge is 0.362 e. The van der Waals surface area contributed by atoms with Crippen molar-refractivity contribution in [1.29, 1.82) is 0 Å². The fraction of sp³-hybridized carbons (Fsp3) is 0.600. The van der Waals surface area contributed by atoms with Gasteiger partial charge < -0.3 is 4.90 Å². The smallest absolute Gasteiger partial charge is 0.135 e. The number of nitrogens with zero attached hydrogens (tertiary/aromatic N) is 3. The average molecular weight is 179 g/mol. The third kappa shape index (κ3) is 1.97. The van der Waals surface area contributed by atoms with Gasteiger partial charge in [0.1, 0.15) is 12.1 Å². The Labute approximate surface area is 79.8 Å². The molecule has 13 heavy (non-hydrogen) atoms.